The third kappa shape index (κ3) is 2.88. The molecular formula is C17H12N6O2. The lowest BCUT2D eigenvalue weighted by Gasteiger charge is -1.98. The molecule has 4 rings (SSSR count). The highest BCUT2D eigenvalue weighted by atomic mass is 16.4. The van der Waals surface area contributed by atoms with E-state index in [0.29, 0.717) is 11.2 Å². The second-order valence-corrected chi connectivity index (χ2v) is 5.30. The predicted molar refractivity (Wildman–Crippen MR) is 93.8 cm³/mol. The summed E-state index contributed by atoms with van der Waals surface area (Å²) in [7, 11) is 0. The summed E-state index contributed by atoms with van der Waals surface area (Å²) in [6.45, 7) is 0. The van der Waals surface area contributed by atoms with E-state index >= 15 is 0 Å². The summed E-state index contributed by atoms with van der Waals surface area (Å²) in [5.41, 5.74) is 5.96. The molecule has 3 N–H and O–H groups in total. The lowest BCUT2D eigenvalue weighted by atomic mass is 10.1. The van der Waals surface area contributed by atoms with E-state index in [4.69, 9.17) is 5.11 Å². The molecule has 122 valence electrons. The maximum atomic E-state index is 10.8. The summed E-state index contributed by atoms with van der Waals surface area (Å²) in [5, 5.41) is 22.1. The number of H-pyrrole nitrogens is 1. The number of aromatic nitrogens is 4. The highest BCUT2D eigenvalue weighted by Gasteiger charge is 2.07. The zero-order chi connectivity index (χ0) is 17.2. The maximum absolute atomic E-state index is 10.8. The number of benzene rings is 2. The van der Waals surface area contributed by atoms with Crippen LogP contribution in [0.4, 0.5) is 5.95 Å². The number of hydrogen-bond donors (Lipinski definition) is 3. The molecule has 25 heavy (non-hydrogen) atoms. The lowest BCUT2D eigenvalue weighted by Crippen LogP contribution is -1.99. The zero-order valence-electron chi connectivity index (χ0n) is 12.8. The SMILES string of the molecule is O=C(O)c1ccc(C=NNc2nnc3c(n2)[nH]c2ccccc23)cc1. The van der Waals surface area contributed by atoms with Gasteiger partial charge in [0.15, 0.2) is 5.65 Å². The molecule has 0 fully saturated rings. The summed E-state index contributed by atoms with van der Waals surface area (Å²) < 4.78 is 0. The van der Waals surface area contributed by atoms with Crippen LogP contribution in [0.5, 0.6) is 0 Å². The smallest absolute Gasteiger partial charge is 0.335 e. The molecule has 4 aromatic rings. The minimum absolute atomic E-state index is 0.224. The number of fused-ring (bicyclic) bond motifs is 3. The maximum Gasteiger partial charge on any atom is 0.335 e. The van der Waals surface area contributed by atoms with Crippen molar-refractivity contribution in [1.82, 2.24) is 20.2 Å². The number of aromatic carboxylic acids is 1. The molecule has 0 aliphatic carbocycles. The van der Waals surface area contributed by atoms with E-state index in [0.717, 1.165) is 16.5 Å². The van der Waals surface area contributed by atoms with Crippen LogP contribution < -0.4 is 5.43 Å². The van der Waals surface area contributed by atoms with Gasteiger partial charge >= 0.3 is 5.97 Å². The fourth-order valence-corrected chi connectivity index (χ4v) is 2.44. The number of rotatable bonds is 4. The van der Waals surface area contributed by atoms with Crippen LogP contribution in [0.2, 0.25) is 0 Å². The Kier molecular flexibility index (Phi) is 3.55. The molecule has 0 unspecified atom stereocenters. The van der Waals surface area contributed by atoms with Gasteiger partial charge in [0.25, 0.3) is 5.95 Å². The van der Waals surface area contributed by atoms with Crippen molar-refractivity contribution < 1.29 is 9.90 Å². The van der Waals surface area contributed by atoms with Crippen LogP contribution in [0.1, 0.15) is 15.9 Å². The summed E-state index contributed by atoms with van der Waals surface area (Å²) >= 11 is 0. The van der Waals surface area contributed by atoms with Gasteiger partial charge in [-0.25, -0.2) is 10.2 Å². The monoisotopic (exact) mass is 332 g/mol. The van der Waals surface area contributed by atoms with Gasteiger partial charge in [-0.15, -0.1) is 10.2 Å². The van der Waals surface area contributed by atoms with Gasteiger partial charge in [0.2, 0.25) is 0 Å². The van der Waals surface area contributed by atoms with Crippen molar-refractivity contribution in [3.63, 3.8) is 0 Å². The average Bonchev–Trinajstić information content (AvgIpc) is 3.00. The standard InChI is InChI=1S/C17H12N6O2/c24-16(25)11-7-5-10(6-8-11)9-18-22-17-20-15-14(21-23-17)12-3-1-2-4-13(12)19-15/h1-9H,(H,24,25)(H2,19,20,22,23). The van der Waals surface area contributed by atoms with E-state index in [-0.39, 0.29) is 11.5 Å². The van der Waals surface area contributed by atoms with Gasteiger partial charge < -0.3 is 10.1 Å². The lowest BCUT2D eigenvalue weighted by molar-refractivity contribution is 0.0697. The van der Waals surface area contributed by atoms with E-state index in [1.165, 1.54) is 12.1 Å². The average molecular weight is 332 g/mol. The number of anilines is 1. The molecule has 0 spiro atoms. The van der Waals surface area contributed by atoms with Crippen LogP contribution in [-0.4, -0.2) is 37.5 Å². The second-order valence-electron chi connectivity index (χ2n) is 5.30. The van der Waals surface area contributed by atoms with Crippen molar-refractivity contribution in [3.8, 4) is 0 Å². The van der Waals surface area contributed by atoms with Gasteiger partial charge in [-0.05, 0) is 23.8 Å². The number of carboxylic acid groups (broad SMARTS) is 1. The topological polar surface area (TPSA) is 116 Å². The first-order valence-electron chi connectivity index (χ1n) is 7.44. The van der Waals surface area contributed by atoms with Crippen LogP contribution in [0, 0.1) is 0 Å². The summed E-state index contributed by atoms with van der Waals surface area (Å²) in [6, 6.07) is 14.1. The fourth-order valence-electron chi connectivity index (χ4n) is 2.44. The summed E-state index contributed by atoms with van der Waals surface area (Å²) in [6.07, 6.45) is 1.55. The van der Waals surface area contributed by atoms with Gasteiger partial charge in [-0.2, -0.15) is 10.1 Å². The third-order valence-corrected chi connectivity index (χ3v) is 3.66. The molecule has 2 heterocycles. The number of nitrogens with one attached hydrogen (secondary N) is 2. The van der Waals surface area contributed by atoms with Crippen LogP contribution >= 0.6 is 0 Å². The molecule has 0 amide bonds. The van der Waals surface area contributed by atoms with Crippen LogP contribution in [0.15, 0.2) is 53.6 Å². The number of nitrogens with zero attached hydrogens (tertiary/aromatic N) is 4. The van der Waals surface area contributed by atoms with Gasteiger partial charge in [0, 0.05) is 10.9 Å². The zero-order valence-corrected chi connectivity index (χ0v) is 12.8. The van der Waals surface area contributed by atoms with E-state index in [1.807, 2.05) is 24.3 Å². The third-order valence-electron chi connectivity index (χ3n) is 3.66. The molecule has 0 saturated carbocycles. The molecule has 0 aliphatic heterocycles. The first-order chi connectivity index (χ1) is 12.2. The summed E-state index contributed by atoms with van der Waals surface area (Å²) in [4.78, 5) is 18.3. The Hall–Kier alpha value is -3.81. The normalized spacial score (nSPS) is 11.4. The molecule has 2 aromatic heterocycles. The number of carbonyl (C=O) groups is 1. The molecular weight excluding hydrogens is 320 g/mol. The molecule has 0 radical (unpaired) electrons. The minimum atomic E-state index is -0.965. The highest BCUT2D eigenvalue weighted by molar-refractivity contribution is 6.03. The van der Waals surface area contributed by atoms with E-state index in [1.54, 1.807) is 18.3 Å². The van der Waals surface area contributed by atoms with Gasteiger partial charge in [0.05, 0.1) is 11.8 Å². The molecule has 0 bridgehead atoms. The quantitative estimate of drug-likeness (QED) is 0.391. The first-order valence-corrected chi connectivity index (χ1v) is 7.44. The highest BCUT2D eigenvalue weighted by Crippen LogP contribution is 2.21. The molecule has 0 saturated heterocycles. The van der Waals surface area contributed by atoms with Gasteiger partial charge in [-0.3, -0.25) is 0 Å². The predicted octanol–water partition coefficient (Wildman–Crippen LogP) is 2.65. The number of hydrazone groups is 1. The Morgan fingerprint density at radius 1 is 1.12 bits per heavy atom. The first kappa shape index (κ1) is 14.8. The van der Waals surface area contributed by atoms with Crippen molar-refractivity contribution in [1.29, 1.82) is 0 Å². The molecule has 2 aromatic carbocycles. The number of hydrogen-bond acceptors (Lipinski definition) is 6. The molecule has 0 aliphatic rings. The van der Waals surface area contributed by atoms with Crippen molar-refractivity contribution in [2.45, 2.75) is 0 Å². The van der Waals surface area contributed by atoms with Gasteiger partial charge in [0.1, 0.15) is 5.52 Å². The van der Waals surface area contributed by atoms with Crippen molar-refractivity contribution in [2.24, 2.45) is 5.10 Å². The van der Waals surface area contributed by atoms with E-state index in [2.05, 4.69) is 30.7 Å². The van der Waals surface area contributed by atoms with E-state index in [9.17, 15) is 4.79 Å². The largest absolute Gasteiger partial charge is 0.478 e. The number of para-hydroxylation sites is 1. The van der Waals surface area contributed by atoms with Crippen molar-refractivity contribution >= 4 is 40.2 Å². The number of carboxylic acids is 1. The van der Waals surface area contributed by atoms with Crippen LogP contribution in [-0.2, 0) is 0 Å². The van der Waals surface area contributed by atoms with Crippen molar-refractivity contribution in [3.05, 3.63) is 59.7 Å². The Balaban J connectivity index is 1.54. The Labute approximate surface area is 141 Å². The van der Waals surface area contributed by atoms with Gasteiger partial charge in [-0.1, -0.05) is 30.3 Å². The molecule has 0 atom stereocenters. The second kappa shape index (κ2) is 6.00. The minimum Gasteiger partial charge on any atom is -0.478 e. The van der Waals surface area contributed by atoms with Crippen LogP contribution in [0.25, 0.3) is 22.1 Å². The van der Waals surface area contributed by atoms with Crippen LogP contribution in [0.3, 0.4) is 0 Å². The summed E-state index contributed by atoms with van der Waals surface area (Å²) in [5.74, 6) is -0.704. The Bertz CT molecular complexity index is 1100. The molecule has 8 nitrogen and oxygen atoms in total. The van der Waals surface area contributed by atoms with Crippen molar-refractivity contribution in [2.75, 3.05) is 5.43 Å². The Morgan fingerprint density at radius 2 is 1.92 bits per heavy atom. The number of aromatic amines is 1. The fraction of sp³-hybridized carbons (Fsp3) is 0. The Morgan fingerprint density at radius 3 is 2.72 bits per heavy atom. The van der Waals surface area contributed by atoms with E-state index < -0.39 is 5.97 Å². The molecule has 8 heteroatoms.